The van der Waals surface area contributed by atoms with E-state index in [4.69, 9.17) is 14.2 Å². The normalized spacial score (nSPS) is 28.2. The van der Waals surface area contributed by atoms with Gasteiger partial charge in [0, 0.05) is 26.0 Å². The molecule has 0 bridgehead atoms. The lowest BCUT2D eigenvalue weighted by atomic mass is 9.78. The van der Waals surface area contributed by atoms with Crippen LogP contribution in [0.15, 0.2) is 54.6 Å². The topological polar surface area (TPSA) is 97.3 Å². The number of hydrogen-bond donors (Lipinski definition) is 3. The zero-order chi connectivity index (χ0) is 26.5. The van der Waals surface area contributed by atoms with E-state index in [1.807, 2.05) is 30.3 Å². The number of ether oxygens (including phenoxy) is 3. The number of aliphatic hydroxyl groups excluding tert-OH is 2. The highest BCUT2D eigenvalue weighted by molar-refractivity contribution is 5.85. The van der Waals surface area contributed by atoms with Crippen molar-refractivity contribution in [3.63, 3.8) is 0 Å². The number of halogens is 3. The second-order valence-corrected chi connectivity index (χ2v) is 9.63. The Morgan fingerprint density at radius 1 is 1.05 bits per heavy atom. The molecule has 0 radical (unpaired) electrons. The predicted octanol–water partition coefficient (Wildman–Crippen LogP) is 3.36. The molecule has 2 fully saturated rings. The fraction of sp³-hybridized carbons (Fsp3) is 0.519. The van der Waals surface area contributed by atoms with E-state index in [1.165, 1.54) is 12.1 Å². The van der Waals surface area contributed by atoms with Crippen LogP contribution < -0.4 is 5.32 Å². The van der Waals surface area contributed by atoms with E-state index < -0.39 is 41.6 Å². The van der Waals surface area contributed by atoms with Crippen LogP contribution in [0.2, 0.25) is 0 Å². The molecule has 2 aliphatic rings. The van der Waals surface area contributed by atoms with Gasteiger partial charge in [-0.25, -0.2) is 0 Å². The standard InChI is InChI=1S/C27H32F3NO6/c28-27(29,30)20-9-4-8-19(12-20)17-37-26(25(34)31-15-21-10-5-11-35-21)13-22(32)24(33)23(14-26)36-16-18-6-2-1-3-7-18/h1-4,6-9,12,21-24,32-33H,5,10-11,13-17H2,(H,31,34)/t21-,22-,23-,24-,26+/m1/s1. The van der Waals surface area contributed by atoms with E-state index >= 15 is 0 Å². The minimum atomic E-state index is -4.52. The minimum Gasteiger partial charge on any atom is -0.390 e. The molecular weight excluding hydrogens is 491 g/mol. The second kappa shape index (κ2) is 11.9. The summed E-state index contributed by atoms with van der Waals surface area (Å²) < 4.78 is 57.1. The fourth-order valence-electron chi connectivity index (χ4n) is 4.77. The van der Waals surface area contributed by atoms with E-state index in [9.17, 15) is 28.2 Å². The van der Waals surface area contributed by atoms with Crippen LogP contribution in [0.3, 0.4) is 0 Å². The van der Waals surface area contributed by atoms with Crippen LogP contribution in [0.1, 0.15) is 42.4 Å². The van der Waals surface area contributed by atoms with Gasteiger partial charge in [-0.2, -0.15) is 13.2 Å². The number of alkyl halides is 3. The van der Waals surface area contributed by atoms with Crippen LogP contribution in [0, 0.1) is 0 Å². The van der Waals surface area contributed by atoms with Gasteiger partial charge in [0.2, 0.25) is 0 Å². The molecule has 1 aliphatic carbocycles. The molecule has 1 saturated heterocycles. The smallest absolute Gasteiger partial charge is 0.390 e. The van der Waals surface area contributed by atoms with Gasteiger partial charge in [0.1, 0.15) is 6.10 Å². The first-order chi connectivity index (χ1) is 17.7. The van der Waals surface area contributed by atoms with Crippen LogP contribution in [0.4, 0.5) is 13.2 Å². The van der Waals surface area contributed by atoms with Crippen LogP contribution in [0.5, 0.6) is 0 Å². The molecule has 1 aliphatic heterocycles. The molecule has 7 nitrogen and oxygen atoms in total. The van der Waals surface area contributed by atoms with Crippen molar-refractivity contribution in [2.75, 3.05) is 13.2 Å². The summed E-state index contributed by atoms with van der Waals surface area (Å²) in [6.45, 7) is 0.682. The highest BCUT2D eigenvalue weighted by Gasteiger charge is 2.51. The Morgan fingerprint density at radius 2 is 1.81 bits per heavy atom. The van der Waals surface area contributed by atoms with Crippen LogP contribution in [0.25, 0.3) is 0 Å². The fourth-order valence-corrected chi connectivity index (χ4v) is 4.77. The van der Waals surface area contributed by atoms with Gasteiger partial charge in [0.05, 0.1) is 37.1 Å². The van der Waals surface area contributed by atoms with Crippen molar-refractivity contribution in [3.8, 4) is 0 Å². The molecule has 1 amide bonds. The van der Waals surface area contributed by atoms with Crippen LogP contribution in [-0.4, -0.2) is 59.3 Å². The molecule has 2 aromatic carbocycles. The highest BCUT2D eigenvalue weighted by Crippen LogP contribution is 2.36. The van der Waals surface area contributed by atoms with E-state index in [0.29, 0.717) is 6.61 Å². The first kappa shape index (κ1) is 27.5. The lowest BCUT2D eigenvalue weighted by Gasteiger charge is -2.44. The van der Waals surface area contributed by atoms with E-state index in [-0.39, 0.29) is 44.3 Å². The van der Waals surface area contributed by atoms with E-state index in [0.717, 1.165) is 30.5 Å². The Morgan fingerprint density at radius 3 is 2.51 bits per heavy atom. The van der Waals surface area contributed by atoms with Crippen molar-refractivity contribution < 1.29 is 42.4 Å². The molecule has 0 unspecified atom stereocenters. The number of carbonyl (C=O) groups is 1. The first-order valence-electron chi connectivity index (χ1n) is 12.4. The minimum absolute atomic E-state index is 0.0889. The molecule has 2 aromatic rings. The maximum Gasteiger partial charge on any atom is 0.416 e. The van der Waals surface area contributed by atoms with E-state index in [2.05, 4.69) is 5.32 Å². The molecule has 0 aromatic heterocycles. The Labute approximate surface area is 213 Å². The largest absolute Gasteiger partial charge is 0.416 e. The van der Waals surface area contributed by atoms with Gasteiger partial charge in [-0.3, -0.25) is 4.79 Å². The molecule has 37 heavy (non-hydrogen) atoms. The SMILES string of the molecule is O=C(NC[C@H]1CCCO1)[C@]1(OCc2cccc(C(F)(F)F)c2)C[C@@H](O)[C@@H](O)[C@H](OCc2ccccc2)C1. The highest BCUT2D eigenvalue weighted by atomic mass is 19.4. The average molecular weight is 524 g/mol. The summed E-state index contributed by atoms with van der Waals surface area (Å²) in [5.41, 5.74) is -1.39. The number of amides is 1. The molecule has 3 N–H and O–H groups in total. The molecule has 10 heteroatoms. The molecule has 0 spiro atoms. The lowest BCUT2D eigenvalue weighted by Crippen LogP contribution is -2.61. The van der Waals surface area contributed by atoms with Gasteiger partial charge < -0.3 is 29.7 Å². The summed E-state index contributed by atoms with van der Waals surface area (Å²) in [6, 6.07) is 13.9. The van der Waals surface area contributed by atoms with Gasteiger partial charge in [-0.15, -0.1) is 0 Å². The summed E-state index contributed by atoms with van der Waals surface area (Å²) in [5, 5.41) is 24.1. The van der Waals surface area contributed by atoms with Gasteiger partial charge in [0.25, 0.3) is 5.91 Å². The Balaban J connectivity index is 1.53. The monoisotopic (exact) mass is 523 g/mol. The Kier molecular flexibility index (Phi) is 8.86. The van der Waals surface area contributed by atoms with Crippen molar-refractivity contribution in [3.05, 3.63) is 71.3 Å². The van der Waals surface area contributed by atoms with E-state index in [1.54, 1.807) is 0 Å². The van der Waals surface area contributed by atoms with Gasteiger partial charge in [-0.05, 0) is 36.1 Å². The first-order valence-corrected chi connectivity index (χ1v) is 12.4. The number of rotatable bonds is 9. The maximum atomic E-state index is 13.5. The number of aliphatic hydroxyl groups is 2. The number of hydrogen-bond acceptors (Lipinski definition) is 6. The number of benzene rings is 2. The molecule has 1 heterocycles. The summed E-state index contributed by atoms with van der Waals surface area (Å²) in [7, 11) is 0. The molecule has 202 valence electrons. The Hall–Kier alpha value is -2.50. The molecule has 4 rings (SSSR count). The van der Waals surface area contributed by atoms with Gasteiger partial charge in [0.15, 0.2) is 5.60 Å². The lowest BCUT2D eigenvalue weighted by molar-refractivity contribution is -0.200. The summed E-state index contributed by atoms with van der Waals surface area (Å²) in [4.78, 5) is 13.5. The number of nitrogens with one attached hydrogen (secondary N) is 1. The summed E-state index contributed by atoms with van der Waals surface area (Å²) >= 11 is 0. The molecule has 1 saturated carbocycles. The Bertz CT molecular complexity index is 1030. The van der Waals surface area contributed by atoms with Crippen molar-refractivity contribution in [2.24, 2.45) is 0 Å². The summed E-state index contributed by atoms with van der Waals surface area (Å²) in [5.74, 6) is -0.533. The van der Waals surface area contributed by atoms with Gasteiger partial charge >= 0.3 is 6.18 Å². The zero-order valence-electron chi connectivity index (χ0n) is 20.3. The molecule has 5 atom stereocenters. The number of carbonyl (C=O) groups excluding carboxylic acids is 1. The third-order valence-electron chi connectivity index (χ3n) is 6.85. The zero-order valence-corrected chi connectivity index (χ0v) is 20.3. The third kappa shape index (κ3) is 7.08. The van der Waals surface area contributed by atoms with Crippen molar-refractivity contribution >= 4 is 5.91 Å². The third-order valence-corrected chi connectivity index (χ3v) is 6.85. The van der Waals surface area contributed by atoms with Crippen molar-refractivity contribution in [1.82, 2.24) is 5.32 Å². The van der Waals surface area contributed by atoms with Crippen molar-refractivity contribution in [2.45, 2.75) is 75.1 Å². The van der Waals surface area contributed by atoms with Crippen LogP contribution >= 0.6 is 0 Å². The quantitative estimate of drug-likeness (QED) is 0.467. The predicted molar refractivity (Wildman–Crippen MR) is 127 cm³/mol. The van der Waals surface area contributed by atoms with Crippen molar-refractivity contribution in [1.29, 1.82) is 0 Å². The average Bonchev–Trinajstić information content (AvgIpc) is 3.41. The maximum absolute atomic E-state index is 13.5. The molecular formula is C27H32F3NO6. The second-order valence-electron chi connectivity index (χ2n) is 9.63. The van der Waals surface area contributed by atoms with Gasteiger partial charge in [-0.1, -0.05) is 42.5 Å². The summed E-state index contributed by atoms with van der Waals surface area (Å²) in [6.07, 6.45) is -6.87. The van der Waals surface area contributed by atoms with Crippen LogP contribution in [-0.2, 0) is 38.4 Å².